The van der Waals surface area contributed by atoms with Crippen molar-refractivity contribution in [2.24, 2.45) is 5.41 Å². The number of anilines is 1. The zero-order chi connectivity index (χ0) is 21.1. The molecule has 2 aliphatic rings. The van der Waals surface area contributed by atoms with Crippen molar-refractivity contribution in [1.29, 1.82) is 0 Å². The summed E-state index contributed by atoms with van der Waals surface area (Å²) in [5.41, 5.74) is 0.514. The van der Waals surface area contributed by atoms with Crippen molar-refractivity contribution in [1.82, 2.24) is 14.7 Å². The number of carbonyl (C=O) groups excluding carboxylic acids is 2. The SMILES string of the molecule is CCN1CC2(CC1=O)CN(Cc1ccc(C)o1)CCN(C(=O)Nc1ccccc1)C2. The first-order valence-electron chi connectivity index (χ1n) is 10.6. The van der Waals surface area contributed by atoms with Gasteiger partial charge in [0.05, 0.1) is 6.54 Å². The van der Waals surface area contributed by atoms with Gasteiger partial charge < -0.3 is 19.5 Å². The number of benzene rings is 1. The van der Waals surface area contributed by atoms with Gasteiger partial charge in [0.2, 0.25) is 5.91 Å². The number of aryl methyl sites for hydroxylation is 1. The van der Waals surface area contributed by atoms with E-state index in [0.717, 1.165) is 30.3 Å². The van der Waals surface area contributed by atoms with E-state index in [1.54, 1.807) is 0 Å². The first kappa shape index (κ1) is 20.5. The molecule has 7 heteroatoms. The number of likely N-dealkylation sites (tertiary alicyclic amines) is 1. The fraction of sp³-hybridized carbons (Fsp3) is 0.478. The highest BCUT2D eigenvalue weighted by molar-refractivity contribution is 5.89. The first-order chi connectivity index (χ1) is 14.5. The Bertz CT molecular complexity index is 897. The molecule has 0 aliphatic carbocycles. The van der Waals surface area contributed by atoms with Gasteiger partial charge in [-0.25, -0.2) is 4.79 Å². The monoisotopic (exact) mass is 410 g/mol. The third-order valence-electron chi connectivity index (χ3n) is 6.05. The van der Waals surface area contributed by atoms with Crippen molar-refractivity contribution >= 4 is 17.6 Å². The van der Waals surface area contributed by atoms with Crippen molar-refractivity contribution < 1.29 is 14.0 Å². The number of furan rings is 1. The van der Waals surface area contributed by atoms with Crippen molar-refractivity contribution in [3.8, 4) is 0 Å². The van der Waals surface area contributed by atoms with E-state index in [9.17, 15) is 9.59 Å². The minimum Gasteiger partial charge on any atom is -0.465 e. The van der Waals surface area contributed by atoms with Gasteiger partial charge in [-0.2, -0.15) is 0 Å². The van der Waals surface area contributed by atoms with Crippen LogP contribution >= 0.6 is 0 Å². The van der Waals surface area contributed by atoms with Gasteiger partial charge in [-0.3, -0.25) is 9.69 Å². The Labute approximate surface area is 177 Å². The fourth-order valence-electron chi connectivity index (χ4n) is 4.65. The summed E-state index contributed by atoms with van der Waals surface area (Å²) in [5, 5.41) is 3.00. The van der Waals surface area contributed by atoms with Gasteiger partial charge in [0.1, 0.15) is 11.5 Å². The summed E-state index contributed by atoms with van der Waals surface area (Å²) in [7, 11) is 0. The highest BCUT2D eigenvalue weighted by Gasteiger charge is 2.46. The molecule has 1 aromatic heterocycles. The number of hydrogen-bond donors (Lipinski definition) is 1. The van der Waals surface area contributed by atoms with Crippen LogP contribution < -0.4 is 5.32 Å². The molecule has 3 amide bonds. The largest absolute Gasteiger partial charge is 0.465 e. The summed E-state index contributed by atoms with van der Waals surface area (Å²) in [6, 6.07) is 13.4. The van der Waals surface area contributed by atoms with Crippen molar-refractivity contribution in [2.75, 3.05) is 44.6 Å². The lowest BCUT2D eigenvalue weighted by Gasteiger charge is -2.33. The van der Waals surface area contributed by atoms with Gasteiger partial charge in [-0.15, -0.1) is 0 Å². The highest BCUT2D eigenvalue weighted by atomic mass is 16.3. The summed E-state index contributed by atoms with van der Waals surface area (Å²) in [4.78, 5) is 31.7. The zero-order valence-electron chi connectivity index (χ0n) is 17.8. The predicted molar refractivity (Wildman–Crippen MR) is 115 cm³/mol. The highest BCUT2D eigenvalue weighted by Crippen LogP contribution is 2.35. The molecular weight excluding hydrogens is 380 g/mol. The maximum Gasteiger partial charge on any atom is 0.321 e. The Balaban J connectivity index is 1.53. The van der Waals surface area contributed by atoms with Gasteiger partial charge in [-0.05, 0) is 38.1 Å². The molecule has 7 nitrogen and oxygen atoms in total. The summed E-state index contributed by atoms with van der Waals surface area (Å²) in [6.45, 7) is 8.72. The number of hydrogen-bond acceptors (Lipinski definition) is 4. The summed E-state index contributed by atoms with van der Waals surface area (Å²) < 4.78 is 5.78. The Morgan fingerprint density at radius 1 is 1.10 bits per heavy atom. The number of rotatable bonds is 4. The van der Waals surface area contributed by atoms with Crippen LogP contribution in [0.1, 0.15) is 24.9 Å². The molecule has 2 saturated heterocycles. The lowest BCUT2D eigenvalue weighted by molar-refractivity contribution is -0.127. The second-order valence-corrected chi connectivity index (χ2v) is 8.53. The van der Waals surface area contributed by atoms with Gasteiger partial charge >= 0.3 is 6.03 Å². The van der Waals surface area contributed by atoms with Crippen LogP contribution in [-0.2, 0) is 11.3 Å². The minimum absolute atomic E-state index is 0.112. The van der Waals surface area contributed by atoms with Gasteiger partial charge in [0, 0.05) is 56.8 Å². The van der Waals surface area contributed by atoms with E-state index in [-0.39, 0.29) is 17.4 Å². The average Bonchev–Trinajstić information content (AvgIpc) is 3.21. The standard InChI is InChI=1S/C23H30N4O3/c1-3-26-16-23(13-21(26)28)15-25(14-20-10-9-18(2)30-20)11-12-27(17-23)22(29)24-19-7-5-4-6-8-19/h4-10H,3,11-17H2,1-2H3,(H,24,29). The molecule has 0 radical (unpaired) electrons. The molecule has 1 atom stereocenters. The first-order valence-corrected chi connectivity index (χ1v) is 10.6. The number of carbonyl (C=O) groups is 2. The number of amides is 3. The van der Waals surface area contributed by atoms with E-state index in [1.807, 2.05) is 66.1 Å². The molecule has 0 saturated carbocycles. The van der Waals surface area contributed by atoms with Crippen molar-refractivity contribution in [2.45, 2.75) is 26.8 Å². The van der Waals surface area contributed by atoms with Crippen molar-refractivity contribution in [3.05, 3.63) is 54.0 Å². The molecule has 4 rings (SSSR count). The second kappa shape index (κ2) is 8.52. The van der Waals surface area contributed by atoms with Crippen molar-refractivity contribution in [3.63, 3.8) is 0 Å². The normalized spacial score (nSPS) is 22.5. The molecule has 0 bridgehead atoms. The van der Waals surface area contributed by atoms with Crippen LogP contribution in [0.3, 0.4) is 0 Å². The Morgan fingerprint density at radius 3 is 2.57 bits per heavy atom. The topological polar surface area (TPSA) is 69.0 Å². The minimum atomic E-state index is -0.265. The lowest BCUT2D eigenvalue weighted by Crippen LogP contribution is -2.45. The maximum atomic E-state index is 13.0. The second-order valence-electron chi connectivity index (χ2n) is 8.53. The number of urea groups is 1. The van der Waals surface area contributed by atoms with E-state index >= 15 is 0 Å². The molecule has 1 unspecified atom stereocenters. The Morgan fingerprint density at radius 2 is 1.90 bits per heavy atom. The number of nitrogens with zero attached hydrogens (tertiary/aromatic N) is 3. The maximum absolute atomic E-state index is 13.0. The quantitative estimate of drug-likeness (QED) is 0.841. The molecule has 3 heterocycles. The van der Waals surface area contributed by atoms with Crippen LogP contribution in [0.4, 0.5) is 10.5 Å². The molecule has 1 spiro atoms. The summed E-state index contributed by atoms with van der Waals surface area (Å²) in [6.07, 6.45) is 0.476. The smallest absolute Gasteiger partial charge is 0.321 e. The van der Waals surface area contributed by atoms with Gasteiger partial charge in [0.25, 0.3) is 0 Å². The third-order valence-corrected chi connectivity index (χ3v) is 6.05. The number of nitrogens with one attached hydrogen (secondary N) is 1. The van der Waals surface area contributed by atoms with Gasteiger partial charge in [-0.1, -0.05) is 18.2 Å². The van der Waals surface area contributed by atoms with Crippen LogP contribution in [0.2, 0.25) is 0 Å². The Kier molecular flexibility index (Phi) is 5.81. The lowest BCUT2D eigenvalue weighted by atomic mass is 9.86. The van der Waals surface area contributed by atoms with Crippen LogP contribution in [0.25, 0.3) is 0 Å². The average molecular weight is 411 g/mol. The van der Waals surface area contributed by atoms with E-state index in [1.165, 1.54) is 0 Å². The Hall–Kier alpha value is -2.80. The molecular formula is C23H30N4O3. The van der Waals surface area contributed by atoms with Crippen LogP contribution in [0.5, 0.6) is 0 Å². The van der Waals surface area contributed by atoms with Crippen LogP contribution in [-0.4, -0.2) is 65.9 Å². The number of para-hydroxylation sites is 1. The molecule has 1 N–H and O–H groups in total. The fourth-order valence-corrected chi connectivity index (χ4v) is 4.65. The molecule has 1 aromatic carbocycles. The van der Waals surface area contributed by atoms with Crippen LogP contribution in [0, 0.1) is 12.3 Å². The van der Waals surface area contributed by atoms with E-state index in [2.05, 4.69) is 10.2 Å². The van der Waals surface area contributed by atoms with E-state index in [4.69, 9.17) is 4.42 Å². The predicted octanol–water partition coefficient (Wildman–Crippen LogP) is 3.18. The van der Waals surface area contributed by atoms with E-state index < -0.39 is 0 Å². The molecule has 2 aliphatic heterocycles. The molecule has 2 fully saturated rings. The third kappa shape index (κ3) is 4.51. The molecule has 2 aromatic rings. The summed E-state index contributed by atoms with van der Waals surface area (Å²) in [5.74, 6) is 1.99. The molecule has 160 valence electrons. The summed E-state index contributed by atoms with van der Waals surface area (Å²) >= 11 is 0. The molecule has 30 heavy (non-hydrogen) atoms. The van der Waals surface area contributed by atoms with Gasteiger partial charge in [0.15, 0.2) is 0 Å². The zero-order valence-corrected chi connectivity index (χ0v) is 17.8. The van der Waals surface area contributed by atoms with E-state index in [0.29, 0.717) is 39.1 Å². The van der Waals surface area contributed by atoms with Crippen LogP contribution in [0.15, 0.2) is 46.9 Å².